The van der Waals surface area contributed by atoms with E-state index in [4.69, 9.17) is 4.74 Å². The summed E-state index contributed by atoms with van der Waals surface area (Å²) in [6.45, 7) is 11.2. The zero-order valence-corrected chi connectivity index (χ0v) is 11.0. The van der Waals surface area contributed by atoms with Gasteiger partial charge in [-0.2, -0.15) is 0 Å². The van der Waals surface area contributed by atoms with Crippen LogP contribution in [0.2, 0.25) is 0 Å². The third-order valence-electron chi connectivity index (χ3n) is 3.60. The van der Waals surface area contributed by atoms with Crippen molar-refractivity contribution in [2.24, 2.45) is 0 Å². The number of ether oxygens (including phenoxy) is 1. The molecular weight excluding hydrogens is 200 g/mol. The molecule has 2 aliphatic heterocycles. The van der Waals surface area contributed by atoms with Gasteiger partial charge in [0.05, 0.1) is 11.7 Å². The SMILES string of the molecule is CC1CN(CCC2CCCN2)CC(C)(C)O1. The molecular formula is C13H26N2O. The Morgan fingerprint density at radius 1 is 1.44 bits per heavy atom. The topological polar surface area (TPSA) is 24.5 Å². The molecule has 0 aromatic heterocycles. The first-order valence-corrected chi connectivity index (χ1v) is 6.69. The Morgan fingerprint density at radius 3 is 2.88 bits per heavy atom. The molecule has 2 saturated heterocycles. The van der Waals surface area contributed by atoms with Gasteiger partial charge in [-0.05, 0) is 53.1 Å². The van der Waals surface area contributed by atoms with Crippen molar-refractivity contribution in [2.45, 2.75) is 57.8 Å². The van der Waals surface area contributed by atoms with Crippen LogP contribution in [0.3, 0.4) is 0 Å². The van der Waals surface area contributed by atoms with Crippen LogP contribution >= 0.6 is 0 Å². The quantitative estimate of drug-likeness (QED) is 0.791. The Labute approximate surface area is 99.5 Å². The Morgan fingerprint density at radius 2 is 2.25 bits per heavy atom. The molecule has 0 saturated carbocycles. The van der Waals surface area contributed by atoms with E-state index in [1.165, 1.54) is 32.4 Å². The van der Waals surface area contributed by atoms with Gasteiger partial charge in [-0.1, -0.05) is 0 Å². The second kappa shape index (κ2) is 5.03. The van der Waals surface area contributed by atoms with Crippen LogP contribution in [0.25, 0.3) is 0 Å². The van der Waals surface area contributed by atoms with Crippen molar-refractivity contribution in [3.63, 3.8) is 0 Å². The molecule has 2 fully saturated rings. The van der Waals surface area contributed by atoms with Gasteiger partial charge in [0.2, 0.25) is 0 Å². The first-order chi connectivity index (χ1) is 7.55. The van der Waals surface area contributed by atoms with Crippen LogP contribution in [0.15, 0.2) is 0 Å². The van der Waals surface area contributed by atoms with E-state index in [1.807, 2.05) is 0 Å². The molecule has 2 heterocycles. The predicted octanol–water partition coefficient (Wildman–Crippen LogP) is 1.63. The van der Waals surface area contributed by atoms with Crippen molar-refractivity contribution in [3.05, 3.63) is 0 Å². The first-order valence-electron chi connectivity index (χ1n) is 6.69. The molecule has 0 bridgehead atoms. The molecule has 3 nitrogen and oxygen atoms in total. The Kier molecular flexibility index (Phi) is 3.88. The minimum absolute atomic E-state index is 0.0285. The lowest BCUT2D eigenvalue weighted by atomic mass is 10.0. The van der Waals surface area contributed by atoms with Crippen molar-refractivity contribution in [1.29, 1.82) is 0 Å². The number of nitrogens with zero attached hydrogens (tertiary/aromatic N) is 1. The van der Waals surface area contributed by atoms with E-state index < -0.39 is 0 Å². The van der Waals surface area contributed by atoms with Gasteiger partial charge in [0.1, 0.15) is 0 Å². The smallest absolute Gasteiger partial charge is 0.0757 e. The van der Waals surface area contributed by atoms with E-state index in [0.717, 1.165) is 19.1 Å². The third kappa shape index (κ3) is 3.44. The van der Waals surface area contributed by atoms with E-state index in [1.54, 1.807) is 0 Å². The van der Waals surface area contributed by atoms with Gasteiger partial charge in [0.25, 0.3) is 0 Å². The summed E-state index contributed by atoms with van der Waals surface area (Å²) in [6, 6.07) is 0.765. The Bertz CT molecular complexity index is 224. The van der Waals surface area contributed by atoms with Crippen molar-refractivity contribution in [1.82, 2.24) is 10.2 Å². The summed E-state index contributed by atoms with van der Waals surface area (Å²) in [4.78, 5) is 2.56. The molecule has 0 aromatic rings. The third-order valence-corrected chi connectivity index (χ3v) is 3.60. The summed E-state index contributed by atoms with van der Waals surface area (Å²) in [5.74, 6) is 0. The van der Waals surface area contributed by atoms with Crippen molar-refractivity contribution in [2.75, 3.05) is 26.2 Å². The highest BCUT2D eigenvalue weighted by molar-refractivity contribution is 4.84. The molecule has 1 N–H and O–H groups in total. The van der Waals surface area contributed by atoms with Crippen molar-refractivity contribution >= 4 is 0 Å². The van der Waals surface area contributed by atoms with Gasteiger partial charge in [-0.25, -0.2) is 0 Å². The fourth-order valence-electron chi connectivity index (χ4n) is 3.10. The Balaban J connectivity index is 1.75. The summed E-state index contributed by atoms with van der Waals surface area (Å²) in [5.41, 5.74) is 0.0285. The second-order valence-corrected chi connectivity index (χ2v) is 6.01. The van der Waals surface area contributed by atoms with Crippen molar-refractivity contribution < 1.29 is 4.74 Å². The van der Waals surface area contributed by atoms with E-state index in [-0.39, 0.29) is 5.60 Å². The number of nitrogens with one attached hydrogen (secondary N) is 1. The molecule has 2 atom stereocenters. The maximum Gasteiger partial charge on any atom is 0.0757 e. The lowest BCUT2D eigenvalue weighted by molar-refractivity contribution is -0.129. The average molecular weight is 226 g/mol. The molecule has 3 heteroatoms. The van der Waals surface area contributed by atoms with Crippen molar-refractivity contribution in [3.8, 4) is 0 Å². The van der Waals surface area contributed by atoms with Gasteiger partial charge in [0, 0.05) is 19.1 Å². The molecule has 0 aromatic carbocycles. The largest absolute Gasteiger partial charge is 0.370 e. The molecule has 0 radical (unpaired) electrons. The molecule has 2 aliphatic rings. The molecule has 2 unspecified atom stereocenters. The number of rotatable bonds is 3. The monoisotopic (exact) mass is 226 g/mol. The lowest BCUT2D eigenvalue weighted by Crippen LogP contribution is -2.52. The second-order valence-electron chi connectivity index (χ2n) is 6.01. The predicted molar refractivity (Wildman–Crippen MR) is 66.7 cm³/mol. The molecule has 2 rings (SSSR count). The average Bonchev–Trinajstić information content (AvgIpc) is 2.63. The minimum atomic E-state index is 0.0285. The fraction of sp³-hybridized carbons (Fsp3) is 1.00. The van der Waals surface area contributed by atoms with Gasteiger partial charge in [-0.3, -0.25) is 4.90 Å². The standard InChI is InChI=1S/C13H26N2O/c1-11-9-15(10-13(2,3)16-11)8-6-12-5-4-7-14-12/h11-12,14H,4-10H2,1-3H3. The van der Waals surface area contributed by atoms with Crippen LogP contribution in [0.4, 0.5) is 0 Å². The molecule has 0 amide bonds. The highest BCUT2D eigenvalue weighted by atomic mass is 16.5. The summed E-state index contributed by atoms with van der Waals surface area (Å²) in [7, 11) is 0. The molecule has 0 aliphatic carbocycles. The summed E-state index contributed by atoms with van der Waals surface area (Å²) >= 11 is 0. The van der Waals surface area contributed by atoms with Crippen LogP contribution in [-0.4, -0.2) is 48.8 Å². The van der Waals surface area contributed by atoms with Gasteiger partial charge in [0.15, 0.2) is 0 Å². The summed E-state index contributed by atoms with van der Waals surface area (Å²) in [6.07, 6.45) is 4.39. The van der Waals surface area contributed by atoms with Crippen LogP contribution in [0.5, 0.6) is 0 Å². The van der Waals surface area contributed by atoms with E-state index in [9.17, 15) is 0 Å². The summed E-state index contributed by atoms with van der Waals surface area (Å²) < 4.78 is 5.92. The zero-order chi connectivity index (χ0) is 11.6. The van der Waals surface area contributed by atoms with Gasteiger partial charge < -0.3 is 10.1 Å². The van der Waals surface area contributed by atoms with E-state index in [0.29, 0.717) is 6.10 Å². The first kappa shape index (κ1) is 12.3. The normalized spacial score (nSPS) is 35.4. The molecule has 16 heavy (non-hydrogen) atoms. The highest BCUT2D eigenvalue weighted by Gasteiger charge is 2.31. The van der Waals surface area contributed by atoms with Gasteiger partial charge >= 0.3 is 0 Å². The number of hydrogen-bond acceptors (Lipinski definition) is 3. The molecule has 94 valence electrons. The zero-order valence-electron chi connectivity index (χ0n) is 11.0. The highest BCUT2D eigenvalue weighted by Crippen LogP contribution is 2.21. The van der Waals surface area contributed by atoms with Crippen LogP contribution < -0.4 is 5.32 Å². The lowest BCUT2D eigenvalue weighted by Gasteiger charge is -2.42. The van der Waals surface area contributed by atoms with E-state index >= 15 is 0 Å². The minimum Gasteiger partial charge on any atom is -0.370 e. The maximum absolute atomic E-state index is 5.92. The van der Waals surface area contributed by atoms with Gasteiger partial charge in [-0.15, -0.1) is 0 Å². The van der Waals surface area contributed by atoms with Crippen LogP contribution in [0, 0.1) is 0 Å². The fourth-order valence-corrected chi connectivity index (χ4v) is 3.10. The van der Waals surface area contributed by atoms with Crippen LogP contribution in [-0.2, 0) is 4.74 Å². The number of hydrogen-bond donors (Lipinski definition) is 1. The molecule has 0 spiro atoms. The van der Waals surface area contributed by atoms with Crippen LogP contribution in [0.1, 0.15) is 40.0 Å². The number of morpholine rings is 1. The van der Waals surface area contributed by atoms with E-state index in [2.05, 4.69) is 31.0 Å². The maximum atomic E-state index is 5.92. The summed E-state index contributed by atoms with van der Waals surface area (Å²) in [5, 5.41) is 3.57. The Hall–Kier alpha value is -0.120.